The molecule has 42 nitrogen and oxygen atoms in total. The van der Waals surface area contributed by atoms with Gasteiger partial charge in [-0.2, -0.15) is 0 Å². The summed E-state index contributed by atoms with van der Waals surface area (Å²) in [5.41, 5.74) is 20.2. The number of nitrogens with two attached hydrogens (primary N) is 3. The quantitative estimate of drug-likeness (QED) is 0.0176. The Balaban J connectivity index is 1.10. The van der Waals surface area contributed by atoms with Gasteiger partial charge in [-0.3, -0.25) is 86.9 Å². The molecule has 1 saturated carbocycles. The Hall–Kier alpha value is -13.5. The molecule has 17 amide bonds. The maximum absolute atomic E-state index is 15.7. The highest BCUT2D eigenvalue weighted by Gasteiger charge is 2.51. The number of H-pyrrole nitrogens is 3. The molecule has 3 fully saturated rings. The van der Waals surface area contributed by atoms with E-state index in [0.29, 0.717) is 89.1 Å². The third-order valence-electron chi connectivity index (χ3n) is 24.9. The minimum Gasteiger partial charge on any atom is -0.394 e. The molecular weight excluding hydrogens is 1770 g/mol. The van der Waals surface area contributed by atoms with E-state index in [2.05, 4.69) is 78.4 Å². The molecule has 22 N–H and O–H groups in total. The monoisotopic (exact) mass is 1900 g/mol. The molecule has 738 valence electrons. The zero-order chi connectivity index (χ0) is 99.1. The number of imidazole rings is 1. The van der Waals surface area contributed by atoms with Crippen LogP contribution < -0.4 is 75.7 Å². The molecule has 43 heteroatoms. The predicted octanol–water partition coefficient (Wildman–Crippen LogP) is -0.969. The molecule has 0 spiro atoms. The predicted molar refractivity (Wildman–Crippen MR) is 506 cm³/mol. The lowest BCUT2D eigenvalue weighted by molar-refractivity contribution is -0.149. The first-order valence-corrected chi connectivity index (χ1v) is 47.4. The standard InChI is InChI=1S/C93H132N24O18S/c1-10-12-32-73-86(129)106-63(31-23-35-99-93(96)97)82(125)112-71(81(124)102-46-77(95)120)49-136-50-79(122)105-67(37-54-24-15-14-16-25-54)89(132)114(7)53(5)80(123)108-69(42-76(94)119)91(134)117-72-34-22-17-26-55(72)40-75(117)87(130)107-65(41-58-45-98-51-103-58)84(127)109-66(36-52(3)4)88(131)113(6)47-78(121)104-64(38-56-43-100-61-29-20-18-27-59(56)61)83(126)111-70(48-118)85(128)110-68(39-57-44-101-62-30-21-19-28-60(57)62)90(133)116(9)74(33-13-11-2)92(135)115(73)8/h14-16,18-21,24-25,27-30,43-45,51-53,55,63-75,100-101,118H,10-13,17,22-23,26,31-42,46-50H2,1-9H3,(H2,94,119)(H2,95,120)(H,98,103)(H,102,124)(H,104,121)(H,105,122)(H,106,129)(H,107,130)(H,108,123)(H,109,127)(H,110,128)(H,111,126)(H,112,125)(H4,96,97,99)/t53-,55?,63-,64-,65-,66-,67-,68-,69-,70-,71-,72?,73-,74-,75?/m0/s1. The van der Waals surface area contributed by atoms with Crippen LogP contribution in [0.3, 0.4) is 0 Å². The number of nitrogens with zero attached hydrogens (tertiary/aromatic N) is 6. The molecule has 2 aliphatic heterocycles. The lowest BCUT2D eigenvalue weighted by Crippen LogP contribution is -2.61. The number of benzene rings is 3. The van der Waals surface area contributed by atoms with Crippen molar-refractivity contribution >= 4 is 140 Å². The maximum atomic E-state index is 15.7. The molecule has 3 aromatic carbocycles. The maximum Gasteiger partial charge on any atom is 0.246 e. The number of amides is 17. The van der Waals surface area contributed by atoms with Crippen LogP contribution in [-0.4, -0.2) is 306 Å². The van der Waals surface area contributed by atoms with Crippen molar-refractivity contribution < 1.29 is 86.6 Å². The third-order valence-corrected chi connectivity index (χ3v) is 26.0. The number of thioether (sulfide) groups is 1. The number of likely N-dealkylation sites (N-methyl/N-ethyl adjacent to an activating group) is 4. The van der Waals surface area contributed by atoms with Crippen molar-refractivity contribution in [1.82, 2.24) is 103 Å². The Morgan fingerprint density at radius 3 is 1.69 bits per heavy atom. The Morgan fingerprint density at radius 2 is 1.08 bits per heavy atom. The van der Waals surface area contributed by atoms with Crippen LogP contribution in [0.5, 0.6) is 0 Å². The number of fused-ring (bicyclic) bond motifs is 5. The van der Waals surface area contributed by atoms with E-state index in [9.17, 15) is 38.7 Å². The van der Waals surface area contributed by atoms with Gasteiger partial charge in [0, 0.05) is 118 Å². The van der Waals surface area contributed by atoms with Crippen LogP contribution in [-0.2, 0) is 107 Å². The fraction of sp³-hybridized carbons (Fsp3) is 0.538. The number of carbonyl (C=O) groups is 17. The van der Waals surface area contributed by atoms with Crippen LogP contribution in [0.2, 0.25) is 0 Å². The smallest absolute Gasteiger partial charge is 0.246 e. The van der Waals surface area contributed by atoms with Crippen LogP contribution in [0.4, 0.5) is 0 Å². The summed E-state index contributed by atoms with van der Waals surface area (Å²) in [6.45, 7) is 6.08. The first kappa shape index (κ1) is 106. The number of aromatic amines is 3. The Labute approximate surface area is 793 Å². The van der Waals surface area contributed by atoms with E-state index < -0.39 is 229 Å². The van der Waals surface area contributed by atoms with Gasteiger partial charge in [0.25, 0.3) is 0 Å². The number of nitrogens with one attached hydrogen (secondary N) is 15. The molecule has 5 heterocycles. The highest BCUT2D eigenvalue weighted by Crippen LogP contribution is 2.41. The van der Waals surface area contributed by atoms with Gasteiger partial charge in [0.2, 0.25) is 100 Å². The summed E-state index contributed by atoms with van der Waals surface area (Å²) < 4.78 is 0. The number of para-hydroxylation sites is 2. The van der Waals surface area contributed by atoms with E-state index in [1.54, 1.807) is 105 Å². The largest absolute Gasteiger partial charge is 0.394 e. The van der Waals surface area contributed by atoms with Crippen molar-refractivity contribution in [2.75, 3.05) is 65.9 Å². The van der Waals surface area contributed by atoms with Gasteiger partial charge in [-0.1, -0.05) is 133 Å². The van der Waals surface area contributed by atoms with Crippen LogP contribution >= 0.6 is 11.8 Å². The lowest BCUT2D eigenvalue weighted by Gasteiger charge is -2.36. The number of primary amides is 2. The second-order valence-electron chi connectivity index (χ2n) is 35.6. The highest BCUT2D eigenvalue weighted by molar-refractivity contribution is 8.00. The second-order valence-corrected chi connectivity index (χ2v) is 36.6. The van der Waals surface area contributed by atoms with Crippen LogP contribution in [0, 0.1) is 17.2 Å². The lowest BCUT2D eigenvalue weighted by atomic mass is 9.84. The van der Waals surface area contributed by atoms with Gasteiger partial charge < -0.3 is 120 Å². The van der Waals surface area contributed by atoms with Crippen LogP contribution in [0.15, 0.2) is 104 Å². The molecule has 2 saturated heterocycles. The molecule has 9 rings (SSSR count). The van der Waals surface area contributed by atoms with E-state index in [4.69, 9.17) is 22.6 Å². The summed E-state index contributed by atoms with van der Waals surface area (Å²) >= 11 is 0.802. The Morgan fingerprint density at radius 1 is 0.537 bits per heavy atom. The van der Waals surface area contributed by atoms with Crippen molar-refractivity contribution in [2.45, 2.75) is 241 Å². The van der Waals surface area contributed by atoms with E-state index in [1.165, 1.54) is 52.5 Å². The molecule has 3 aliphatic rings. The van der Waals surface area contributed by atoms with Crippen molar-refractivity contribution in [3.8, 4) is 0 Å². The van der Waals surface area contributed by atoms with Gasteiger partial charge in [0.15, 0.2) is 5.96 Å². The van der Waals surface area contributed by atoms with Gasteiger partial charge in [-0.15, -0.1) is 11.8 Å². The fourth-order valence-electron chi connectivity index (χ4n) is 17.5. The summed E-state index contributed by atoms with van der Waals surface area (Å²) in [5, 5.41) is 49.8. The minimum atomic E-state index is -1.85. The summed E-state index contributed by atoms with van der Waals surface area (Å²) in [4.78, 5) is 270. The molecule has 3 aromatic heterocycles. The summed E-state index contributed by atoms with van der Waals surface area (Å²) in [6, 6.07) is 2.35. The molecule has 136 heavy (non-hydrogen) atoms. The molecule has 3 unspecified atom stereocenters. The van der Waals surface area contributed by atoms with Crippen molar-refractivity contribution in [1.29, 1.82) is 5.41 Å². The number of hydrogen-bond acceptors (Lipinski definition) is 21. The number of hydrogen-bond donors (Lipinski definition) is 19. The average molecular weight is 1910 g/mol. The number of aliphatic hydroxyl groups excluding tert-OH is 1. The molecule has 15 atom stereocenters. The van der Waals surface area contributed by atoms with Gasteiger partial charge in [0.05, 0.1) is 38.2 Å². The number of guanidine groups is 1. The number of rotatable bonds is 26. The molecule has 0 radical (unpaired) electrons. The zero-order valence-corrected chi connectivity index (χ0v) is 79.3. The van der Waals surface area contributed by atoms with Gasteiger partial charge in [0.1, 0.15) is 78.5 Å². The Bertz CT molecular complexity index is 5210. The van der Waals surface area contributed by atoms with Crippen molar-refractivity contribution in [3.05, 3.63) is 126 Å². The summed E-state index contributed by atoms with van der Waals surface area (Å²) in [6.07, 6.45) is 8.25. The zero-order valence-electron chi connectivity index (χ0n) is 78.4. The molecule has 0 bridgehead atoms. The van der Waals surface area contributed by atoms with Gasteiger partial charge in [-0.25, -0.2) is 4.98 Å². The van der Waals surface area contributed by atoms with E-state index in [1.807, 2.05) is 13.8 Å². The normalized spacial score (nSPS) is 24.8. The van der Waals surface area contributed by atoms with Gasteiger partial charge >= 0.3 is 0 Å². The van der Waals surface area contributed by atoms with E-state index >= 15 is 47.9 Å². The topological polar surface area (TPSA) is 621 Å². The third kappa shape index (κ3) is 29.8. The van der Waals surface area contributed by atoms with Crippen molar-refractivity contribution in [3.63, 3.8) is 0 Å². The first-order chi connectivity index (χ1) is 64.9. The van der Waals surface area contributed by atoms with Crippen LogP contribution in [0.1, 0.15) is 153 Å². The number of unbranched alkanes of at least 4 members (excludes halogenated alkanes) is 2. The van der Waals surface area contributed by atoms with Crippen LogP contribution in [0.25, 0.3) is 21.8 Å². The number of aliphatic hydroxyl groups is 1. The summed E-state index contributed by atoms with van der Waals surface area (Å²) in [7, 11) is 5.29. The number of aromatic nitrogens is 4. The fourth-order valence-corrected chi connectivity index (χ4v) is 18.3. The molecule has 6 aromatic rings. The minimum absolute atomic E-state index is 0.00211. The average Bonchev–Trinajstić information content (AvgIpc) is 1.62. The van der Waals surface area contributed by atoms with Crippen molar-refractivity contribution in [2.24, 2.45) is 29.0 Å². The Kier molecular flexibility index (Phi) is 40.0. The first-order valence-electron chi connectivity index (χ1n) is 46.2. The SMILES string of the molecule is CCCC[C@H]1C(=O)N(C)[C@@H](CCCC)C(=O)N[C@@H](CCCNC(=N)N)C(=O)N[C@H](C(=O)NCC(N)=O)CSCC(=O)N[C@@H](Cc2ccccc2)C(=O)N(C)[C@@H](C)C(=O)N[C@@H](CC(N)=O)C(=O)N2C(CC3CCCCC32)C(=O)N[C@@H](Cc2cnc[nH]2)C(=O)N[C@@H](CC(C)C)C(=O)N(C)CC(=O)N[C@@H](Cc2c[nH]c3ccccc23)C(=O)N[C@@H](CO)C(=O)N[C@@H](Cc2c[nH]c3ccccc23)C(=O)N1C. The van der Waals surface area contributed by atoms with E-state index in [0.717, 1.165) is 37.8 Å². The summed E-state index contributed by atoms with van der Waals surface area (Å²) in [5.74, 6) is -17.2. The molecular formula is C93H132N24O18S. The molecule has 1 aliphatic carbocycles. The van der Waals surface area contributed by atoms with E-state index in [-0.39, 0.29) is 82.6 Å². The highest BCUT2D eigenvalue weighted by atomic mass is 32.2. The second kappa shape index (κ2) is 51.3. The number of carbonyl (C=O) groups excluding carboxylic acids is 17. The van der Waals surface area contributed by atoms with Gasteiger partial charge in [-0.05, 0) is 98.9 Å².